The van der Waals surface area contributed by atoms with Gasteiger partial charge in [-0.25, -0.2) is 0 Å². The molecule has 0 atom stereocenters. The van der Waals surface area contributed by atoms with E-state index in [-0.39, 0.29) is 5.97 Å². The number of rotatable bonds is 6. The van der Waals surface area contributed by atoms with E-state index >= 15 is 0 Å². The average Bonchev–Trinajstić information content (AvgIpc) is 2.29. The molecule has 1 aromatic carbocycles. The van der Waals surface area contributed by atoms with E-state index in [1.165, 1.54) is 0 Å². The zero-order valence-electron chi connectivity index (χ0n) is 9.86. The summed E-state index contributed by atoms with van der Waals surface area (Å²) in [4.78, 5) is 11.2. The Morgan fingerprint density at radius 2 is 2.00 bits per heavy atom. The first-order valence-electron chi connectivity index (χ1n) is 5.58. The van der Waals surface area contributed by atoms with Gasteiger partial charge in [0.25, 0.3) is 0 Å². The van der Waals surface area contributed by atoms with Gasteiger partial charge in [-0.3, -0.25) is 4.79 Å². The summed E-state index contributed by atoms with van der Waals surface area (Å²) in [6, 6.07) is 7.74. The molecule has 88 valence electrons. The van der Waals surface area contributed by atoms with Gasteiger partial charge in [-0.1, -0.05) is 25.1 Å². The van der Waals surface area contributed by atoms with E-state index in [0.29, 0.717) is 19.6 Å². The summed E-state index contributed by atoms with van der Waals surface area (Å²) in [6.07, 6.45) is 1.15. The van der Waals surface area contributed by atoms with Crippen molar-refractivity contribution >= 4 is 5.97 Å². The molecule has 0 fully saturated rings. The Morgan fingerprint density at radius 1 is 1.25 bits per heavy atom. The Labute approximate surface area is 96.4 Å². The highest BCUT2D eigenvalue weighted by atomic mass is 16.5. The highest BCUT2D eigenvalue weighted by Crippen LogP contribution is 2.16. The van der Waals surface area contributed by atoms with Crippen molar-refractivity contribution in [1.29, 1.82) is 0 Å². The summed E-state index contributed by atoms with van der Waals surface area (Å²) in [5.74, 6) is 0.626. The molecule has 0 aromatic heterocycles. The molecule has 0 amide bonds. The van der Waals surface area contributed by atoms with Crippen molar-refractivity contribution < 1.29 is 14.3 Å². The van der Waals surface area contributed by atoms with Crippen LogP contribution in [0.15, 0.2) is 24.3 Å². The Balaban J connectivity index is 2.25. The second-order valence-electron chi connectivity index (χ2n) is 3.58. The minimum Gasteiger partial charge on any atom is -0.493 e. The van der Waals surface area contributed by atoms with Gasteiger partial charge in [-0.05, 0) is 25.0 Å². The monoisotopic (exact) mass is 222 g/mol. The second-order valence-corrected chi connectivity index (χ2v) is 3.58. The number of carbonyl (C=O) groups excluding carboxylic acids is 1. The topological polar surface area (TPSA) is 35.5 Å². The SMILES string of the molecule is CCCOC(=O)CCOc1ccccc1C. The smallest absolute Gasteiger partial charge is 0.309 e. The van der Waals surface area contributed by atoms with Gasteiger partial charge in [0.1, 0.15) is 5.75 Å². The molecule has 3 nitrogen and oxygen atoms in total. The summed E-state index contributed by atoms with van der Waals surface area (Å²) < 4.78 is 10.4. The van der Waals surface area contributed by atoms with Gasteiger partial charge >= 0.3 is 5.97 Å². The molecule has 1 rings (SSSR count). The van der Waals surface area contributed by atoms with Crippen molar-refractivity contribution in [3.63, 3.8) is 0 Å². The standard InChI is InChI=1S/C13H18O3/c1-3-9-16-13(14)8-10-15-12-7-5-4-6-11(12)2/h4-7H,3,8-10H2,1-2H3. The molecular weight excluding hydrogens is 204 g/mol. The van der Waals surface area contributed by atoms with E-state index in [4.69, 9.17) is 9.47 Å². The predicted molar refractivity (Wildman–Crippen MR) is 62.5 cm³/mol. The summed E-state index contributed by atoms with van der Waals surface area (Å²) in [5.41, 5.74) is 1.07. The van der Waals surface area contributed by atoms with E-state index < -0.39 is 0 Å². The molecule has 0 heterocycles. The molecule has 0 spiro atoms. The highest BCUT2D eigenvalue weighted by Gasteiger charge is 2.03. The van der Waals surface area contributed by atoms with Crippen LogP contribution in [-0.2, 0) is 9.53 Å². The van der Waals surface area contributed by atoms with E-state index in [0.717, 1.165) is 17.7 Å². The van der Waals surface area contributed by atoms with Crippen LogP contribution in [0.2, 0.25) is 0 Å². The van der Waals surface area contributed by atoms with Crippen LogP contribution in [0.5, 0.6) is 5.75 Å². The van der Waals surface area contributed by atoms with Crippen LogP contribution in [0.1, 0.15) is 25.3 Å². The van der Waals surface area contributed by atoms with Gasteiger partial charge in [0, 0.05) is 0 Å². The van der Waals surface area contributed by atoms with Crippen LogP contribution < -0.4 is 4.74 Å². The van der Waals surface area contributed by atoms with Gasteiger partial charge in [-0.15, -0.1) is 0 Å². The zero-order valence-corrected chi connectivity index (χ0v) is 9.86. The average molecular weight is 222 g/mol. The van der Waals surface area contributed by atoms with Gasteiger partial charge in [0.05, 0.1) is 19.6 Å². The first-order chi connectivity index (χ1) is 7.74. The molecule has 1 aromatic rings. The van der Waals surface area contributed by atoms with Crippen LogP contribution in [-0.4, -0.2) is 19.2 Å². The molecule has 0 saturated carbocycles. The van der Waals surface area contributed by atoms with Crippen LogP contribution in [0, 0.1) is 6.92 Å². The molecule has 0 saturated heterocycles. The number of esters is 1. The van der Waals surface area contributed by atoms with Crippen molar-refractivity contribution in [3.8, 4) is 5.75 Å². The number of para-hydroxylation sites is 1. The van der Waals surface area contributed by atoms with E-state index in [1.54, 1.807) is 0 Å². The molecule has 0 radical (unpaired) electrons. The normalized spacial score (nSPS) is 9.88. The molecule has 0 aliphatic carbocycles. The van der Waals surface area contributed by atoms with E-state index in [1.807, 2.05) is 38.1 Å². The van der Waals surface area contributed by atoms with Crippen molar-refractivity contribution in [2.45, 2.75) is 26.7 Å². The summed E-state index contributed by atoms with van der Waals surface area (Å²) in [5, 5.41) is 0. The fraction of sp³-hybridized carbons (Fsp3) is 0.462. The first kappa shape index (κ1) is 12.6. The molecule has 0 aliphatic heterocycles. The van der Waals surface area contributed by atoms with Crippen LogP contribution in [0.3, 0.4) is 0 Å². The van der Waals surface area contributed by atoms with Crippen molar-refractivity contribution in [1.82, 2.24) is 0 Å². The fourth-order valence-corrected chi connectivity index (χ4v) is 1.25. The van der Waals surface area contributed by atoms with Crippen molar-refractivity contribution in [2.75, 3.05) is 13.2 Å². The predicted octanol–water partition coefficient (Wildman–Crippen LogP) is 2.72. The molecular formula is C13H18O3. The Bertz CT molecular complexity index is 334. The Morgan fingerprint density at radius 3 is 2.69 bits per heavy atom. The Hall–Kier alpha value is -1.51. The minimum atomic E-state index is -0.199. The number of hydrogen-bond acceptors (Lipinski definition) is 3. The van der Waals surface area contributed by atoms with Crippen molar-refractivity contribution in [3.05, 3.63) is 29.8 Å². The van der Waals surface area contributed by atoms with Crippen LogP contribution in [0.25, 0.3) is 0 Å². The number of aryl methyl sites for hydroxylation is 1. The lowest BCUT2D eigenvalue weighted by molar-refractivity contribution is -0.144. The maximum atomic E-state index is 11.2. The molecule has 0 aliphatic rings. The van der Waals surface area contributed by atoms with Gasteiger partial charge < -0.3 is 9.47 Å². The largest absolute Gasteiger partial charge is 0.493 e. The van der Waals surface area contributed by atoms with Gasteiger partial charge in [0.2, 0.25) is 0 Å². The zero-order chi connectivity index (χ0) is 11.8. The summed E-state index contributed by atoms with van der Waals surface area (Å²) in [6.45, 7) is 4.80. The van der Waals surface area contributed by atoms with Crippen LogP contribution >= 0.6 is 0 Å². The summed E-state index contributed by atoms with van der Waals surface area (Å²) in [7, 11) is 0. The third-order valence-electron chi connectivity index (χ3n) is 2.12. The lowest BCUT2D eigenvalue weighted by Crippen LogP contribution is -2.10. The maximum absolute atomic E-state index is 11.2. The first-order valence-corrected chi connectivity index (χ1v) is 5.58. The van der Waals surface area contributed by atoms with Gasteiger partial charge in [-0.2, -0.15) is 0 Å². The molecule has 3 heteroatoms. The fourth-order valence-electron chi connectivity index (χ4n) is 1.25. The molecule has 0 unspecified atom stereocenters. The molecule has 0 N–H and O–H groups in total. The third kappa shape index (κ3) is 4.34. The minimum absolute atomic E-state index is 0.199. The number of ether oxygens (including phenoxy) is 2. The highest BCUT2D eigenvalue weighted by molar-refractivity contribution is 5.69. The lowest BCUT2D eigenvalue weighted by Gasteiger charge is -2.08. The third-order valence-corrected chi connectivity index (χ3v) is 2.12. The van der Waals surface area contributed by atoms with Crippen LogP contribution in [0.4, 0.5) is 0 Å². The molecule has 0 bridgehead atoms. The maximum Gasteiger partial charge on any atom is 0.309 e. The number of benzene rings is 1. The van der Waals surface area contributed by atoms with Crippen molar-refractivity contribution in [2.24, 2.45) is 0 Å². The number of hydrogen-bond donors (Lipinski definition) is 0. The molecule has 16 heavy (non-hydrogen) atoms. The van der Waals surface area contributed by atoms with E-state index in [2.05, 4.69) is 0 Å². The summed E-state index contributed by atoms with van der Waals surface area (Å²) >= 11 is 0. The lowest BCUT2D eigenvalue weighted by atomic mass is 10.2. The Kier molecular flexibility index (Phi) is 5.40. The second kappa shape index (κ2) is 6.88. The van der Waals surface area contributed by atoms with E-state index in [9.17, 15) is 4.79 Å². The van der Waals surface area contributed by atoms with Gasteiger partial charge in [0.15, 0.2) is 0 Å². The quantitative estimate of drug-likeness (QED) is 0.694. The number of carbonyl (C=O) groups is 1.